The Morgan fingerprint density at radius 2 is 2.33 bits per heavy atom. The Hall–Kier alpha value is 0.0900. The summed E-state index contributed by atoms with van der Waals surface area (Å²) in [5.74, 6) is 0. The monoisotopic (exact) mass is 272 g/mol. The zero-order valence-electron chi connectivity index (χ0n) is 5.87. The third-order valence-corrected chi connectivity index (χ3v) is 5.51. The van der Waals surface area contributed by atoms with E-state index < -0.39 is 13.7 Å². The van der Waals surface area contributed by atoms with E-state index in [1.165, 1.54) is 6.20 Å². The van der Waals surface area contributed by atoms with Crippen LogP contribution in [0.1, 0.15) is 6.42 Å². The number of halogens is 2. The Labute approximate surface area is 83.7 Å². The molecule has 1 aliphatic heterocycles. The highest BCUT2D eigenvalue weighted by molar-refractivity contribution is 9.12. The molecule has 2 N–H and O–H groups in total. The molecule has 1 aliphatic rings. The molecule has 0 aromatic carbocycles. The topological polar surface area (TPSA) is 72.5 Å². The molecule has 1 atom stereocenters. The second kappa shape index (κ2) is 3.10. The highest BCUT2D eigenvalue weighted by Crippen LogP contribution is 2.33. The Morgan fingerprint density at radius 3 is 2.67 bits per heavy atom. The fraction of sp³-hybridized carbons (Fsp3) is 0.400. The maximum atomic E-state index is 11.1. The lowest BCUT2D eigenvalue weighted by atomic mass is 10.3. The highest BCUT2D eigenvalue weighted by Gasteiger charge is 2.43. The number of rotatable bonds is 1. The lowest BCUT2D eigenvalue weighted by molar-refractivity contribution is 0.589. The summed E-state index contributed by atoms with van der Waals surface area (Å²) in [5, 5.41) is 4.90. The molecule has 12 heavy (non-hydrogen) atoms. The van der Waals surface area contributed by atoms with Crippen molar-refractivity contribution in [3.05, 3.63) is 12.3 Å². The van der Waals surface area contributed by atoms with Gasteiger partial charge >= 0.3 is 0 Å². The zero-order chi connectivity index (χ0) is 9.41. The number of alkyl halides is 1. The van der Waals surface area contributed by atoms with Crippen LogP contribution in [0.4, 0.5) is 0 Å². The first-order chi connectivity index (χ1) is 5.38. The summed E-state index contributed by atoms with van der Waals surface area (Å²) in [5.41, 5.74) is 0. The van der Waals surface area contributed by atoms with Gasteiger partial charge in [-0.3, -0.25) is 0 Å². The smallest absolute Gasteiger partial charge is 0.232 e. The minimum absolute atomic E-state index is 0.0625. The molecule has 0 fully saturated rings. The first-order valence-electron chi connectivity index (χ1n) is 2.98. The van der Waals surface area contributed by atoms with E-state index in [1.807, 2.05) is 0 Å². The quantitative estimate of drug-likeness (QED) is 0.722. The van der Waals surface area contributed by atoms with E-state index in [0.29, 0.717) is 0 Å². The standard InChI is InChI=1S/C5H6BrClN2O2S/c6-5(12(8,10)11)2-1-3-9-4(5)7/h1,3H,2H2,(H2,8,10,11). The van der Waals surface area contributed by atoms with E-state index >= 15 is 0 Å². The van der Waals surface area contributed by atoms with Crippen LogP contribution in [-0.2, 0) is 10.0 Å². The van der Waals surface area contributed by atoms with Crippen LogP contribution in [0, 0.1) is 0 Å². The first-order valence-corrected chi connectivity index (χ1v) is 5.70. The van der Waals surface area contributed by atoms with Gasteiger partial charge in [0.05, 0.1) is 0 Å². The fourth-order valence-electron chi connectivity index (χ4n) is 0.737. The largest absolute Gasteiger partial charge is 0.247 e. The van der Waals surface area contributed by atoms with Gasteiger partial charge in [0, 0.05) is 12.6 Å². The Balaban J connectivity index is 3.19. The number of hydrogen-bond acceptors (Lipinski definition) is 3. The number of primary sulfonamides is 1. The van der Waals surface area contributed by atoms with Crippen LogP contribution >= 0.6 is 27.5 Å². The second-order valence-corrected chi connectivity index (χ2v) is 6.31. The summed E-state index contributed by atoms with van der Waals surface area (Å²) < 4.78 is 20.7. The summed E-state index contributed by atoms with van der Waals surface area (Å²) in [6.07, 6.45) is 3.20. The minimum Gasteiger partial charge on any atom is -0.247 e. The molecule has 0 saturated carbocycles. The predicted molar refractivity (Wildman–Crippen MR) is 51.8 cm³/mol. The molecule has 0 aliphatic carbocycles. The van der Waals surface area contributed by atoms with Crippen LogP contribution in [0.25, 0.3) is 0 Å². The molecule has 0 spiro atoms. The van der Waals surface area contributed by atoms with Crippen molar-refractivity contribution in [3.8, 4) is 0 Å². The summed E-state index contributed by atoms with van der Waals surface area (Å²) in [6.45, 7) is 0. The summed E-state index contributed by atoms with van der Waals surface area (Å²) in [7, 11) is -3.77. The molecule has 4 nitrogen and oxygen atoms in total. The molecule has 0 amide bonds. The van der Waals surface area contributed by atoms with Crippen LogP contribution in [0.5, 0.6) is 0 Å². The van der Waals surface area contributed by atoms with Crippen molar-refractivity contribution in [2.45, 2.75) is 10.1 Å². The first kappa shape index (κ1) is 10.2. The van der Waals surface area contributed by atoms with Crippen LogP contribution in [0.15, 0.2) is 17.3 Å². The van der Waals surface area contributed by atoms with Crippen molar-refractivity contribution in [2.24, 2.45) is 10.1 Å². The van der Waals surface area contributed by atoms with Gasteiger partial charge in [0.25, 0.3) is 0 Å². The average Bonchev–Trinajstić information content (AvgIpc) is 1.93. The van der Waals surface area contributed by atoms with E-state index in [2.05, 4.69) is 20.9 Å². The van der Waals surface area contributed by atoms with Crippen molar-refractivity contribution in [1.82, 2.24) is 0 Å². The molecule has 0 radical (unpaired) electrons. The van der Waals surface area contributed by atoms with Crippen molar-refractivity contribution in [1.29, 1.82) is 0 Å². The van der Waals surface area contributed by atoms with Gasteiger partial charge in [-0.1, -0.05) is 33.6 Å². The van der Waals surface area contributed by atoms with Gasteiger partial charge in [0.2, 0.25) is 10.0 Å². The van der Waals surface area contributed by atoms with Crippen molar-refractivity contribution >= 4 is 42.7 Å². The Kier molecular flexibility index (Phi) is 2.63. The Morgan fingerprint density at radius 1 is 1.75 bits per heavy atom. The van der Waals surface area contributed by atoms with E-state index in [-0.39, 0.29) is 11.6 Å². The third-order valence-electron chi connectivity index (χ3n) is 1.43. The summed E-state index contributed by atoms with van der Waals surface area (Å²) in [6, 6.07) is 0. The molecule has 7 heteroatoms. The number of allylic oxidation sites excluding steroid dienone is 1. The van der Waals surface area contributed by atoms with E-state index in [4.69, 9.17) is 16.7 Å². The zero-order valence-corrected chi connectivity index (χ0v) is 9.03. The van der Waals surface area contributed by atoms with Crippen LogP contribution in [0.2, 0.25) is 0 Å². The number of nitrogens with zero attached hydrogens (tertiary/aromatic N) is 1. The molecule has 0 bridgehead atoms. The van der Waals surface area contributed by atoms with Crippen molar-refractivity contribution < 1.29 is 8.42 Å². The van der Waals surface area contributed by atoms with Crippen LogP contribution in [0.3, 0.4) is 0 Å². The molecule has 68 valence electrons. The predicted octanol–water partition coefficient (Wildman–Crippen LogP) is 0.921. The number of hydrogen-bond donors (Lipinski definition) is 1. The molecule has 0 aromatic rings. The van der Waals surface area contributed by atoms with Crippen LogP contribution < -0.4 is 5.14 Å². The molecule has 1 unspecified atom stereocenters. The van der Waals surface area contributed by atoms with Crippen molar-refractivity contribution in [3.63, 3.8) is 0 Å². The Bertz CT molecular complexity index is 350. The van der Waals surface area contributed by atoms with Gasteiger partial charge in [-0.15, -0.1) is 0 Å². The SMILES string of the molecule is NS(=O)(=O)C1(Br)CC=CN=C1Cl. The molecule has 0 saturated heterocycles. The maximum absolute atomic E-state index is 11.1. The van der Waals surface area contributed by atoms with Gasteiger partial charge in [-0.2, -0.15) is 0 Å². The van der Waals surface area contributed by atoms with E-state index in [9.17, 15) is 8.42 Å². The van der Waals surface area contributed by atoms with E-state index in [1.54, 1.807) is 6.08 Å². The van der Waals surface area contributed by atoms with E-state index in [0.717, 1.165) is 0 Å². The average molecular weight is 274 g/mol. The van der Waals surface area contributed by atoms with Crippen LogP contribution in [-0.4, -0.2) is 17.2 Å². The minimum atomic E-state index is -3.77. The number of aliphatic imine (C=N–C) groups is 1. The second-order valence-electron chi connectivity index (χ2n) is 2.28. The highest BCUT2D eigenvalue weighted by atomic mass is 79.9. The van der Waals surface area contributed by atoms with Gasteiger partial charge < -0.3 is 0 Å². The molecule has 1 rings (SSSR count). The van der Waals surface area contributed by atoms with Gasteiger partial charge in [0.1, 0.15) is 5.17 Å². The molecule has 1 heterocycles. The number of sulfonamides is 1. The van der Waals surface area contributed by atoms with Gasteiger partial charge in [-0.25, -0.2) is 18.5 Å². The summed E-state index contributed by atoms with van der Waals surface area (Å²) >= 11 is 8.56. The maximum Gasteiger partial charge on any atom is 0.232 e. The summed E-state index contributed by atoms with van der Waals surface area (Å²) in [4.78, 5) is 3.65. The van der Waals surface area contributed by atoms with Crippen molar-refractivity contribution in [2.75, 3.05) is 0 Å². The van der Waals surface area contributed by atoms with Gasteiger partial charge in [-0.05, 0) is 0 Å². The lowest BCUT2D eigenvalue weighted by Crippen LogP contribution is -2.43. The lowest BCUT2D eigenvalue weighted by Gasteiger charge is -2.23. The molecular formula is C5H6BrClN2O2S. The molecule has 0 aromatic heterocycles. The third kappa shape index (κ3) is 1.56. The number of nitrogens with two attached hydrogens (primary N) is 1. The fourth-order valence-corrected chi connectivity index (χ4v) is 2.10. The normalized spacial score (nSPS) is 30.1. The molecular weight excluding hydrogens is 267 g/mol. The van der Waals surface area contributed by atoms with Gasteiger partial charge in [0.15, 0.2) is 3.66 Å².